The maximum Gasteiger partial charge on any atom is 0.125 e. The topological polar surface area (TPSA) is 58.7 Å². The van der Waals surface area contributed by atoms with Gasteiger partial charge in [0, 0.05) is 36.5 Å². The number of aliphatic hydroxyl groups is 1. The highest BCUT2D eigenvalue weighted by atomic mass is 16.5. The predicted octanol–water partition coefficient (Wildman–Crippen LogP) is 2.31. The van der Waals surface area contributed by atoms with E-state index in [1.807, 2.05) is 19.1 Å². The van der Waals surface area contributed by atoms with Gasteiger partial charge in [-0.05, 0) is 39.3 Å². The normalized spacial score (nSPS) is 12.6. The zero-order valence-corrected chi connectivity index (χ0v) is 12.4. The molecule has 0 radical (unpaired) electrons. The van der Waals surface area contributed by atoms with Gasteiger partial charge in [0.05, 0.1) is 7.11 Å². The Kier molecular flexibility index (Phi) is 6.12. The van der Waals surface area contributed by atoms with E-state index in [1.165, 1.54) is 0 Å². The summed E-state index contributed by atoms with van der Waals surface area (Å²) in [5, 5.41) is 9.05. The number of nitrogens with two attached hydrogens (primary N) is 1. The predicted molar refractivity (Wildman–Crippen MR) is 79.8 cm³/mol. The highest BCUT2D eigenvalue weighted by molar-refractivity contribution is 5.61. The Morgan fingerprint density at radius 3 is 2.47 bits per heavy atom. The summed E-state index contributed by atoms with van der Waals surface area (Å²) in [6, 6.07) is 6.23. The van der Waals surface area contributed by atoms with E-state index in [-0.39, 0.29) is 12.6 Å². The zero-order chi connectivity index (χ0) is 14.4. The van der Waals surface area contributed by atoms with Crippen LogP contribution in [0.5, 0.6) is 5.75 Å². The third-order valence-electron chi connectivity index (χ3n) is 3.21. The minimum Gasteiger partial charge on any atom is -0.496 e. The van der Waals surface area contributed by atoms with Crippen LogP contribution in [0.25, 0.3) is 0 Å². The molecular formula is C15H26N2O2. The van der Waals surface area contributed by atoms with Crippen molar-refractivity contribution in [2.24, 2.45) is 5.73 Å². The van der Waals surface area contributed by atoms with E-state index in [9.17, 15) is 0 Å². The second-order valence-corrected chi connectivity index (χ2v) is 5.05. The molecule has 1 aromatic rings. The Hall–Kier alpha value is -1.26. The molecule has 0 spiro atoms. The summed E-state index contributed by atoms with van der Waals surface area (Å²) in [7, 11) is 1.67. The highest BCUT2D eigenvalue weighted by Crippen LogP contribution is 2.34. The number of hydrogen-bond acceptors (Lipinski definition) is 4. The van der Waals surface area contributed by atoms with Crippen LogP contribution in [0.3, 0.4) is 0 Å². The molecule has 0 unspecified atom stereocenters. The Morgan fingerprint density at radius 1 is 1.32 bits per heavy atom. The summed E-state index contributed by atoms with van der Waals surface area (Å²) in [6.45, 7) is 7.25. The number of rotatable bonds is 7. The van der Waals surface area contributed by atoms with Crippen LogP contribution in [-0.4, -0.2) is 31.4 Å². The van der Waals surface area contributed by atoms with E-state index >= 15 is 0 Å². The molecule has 4 nitrogen and oxygen atoms in total. The summed E-state index contributed by atoms with van der Waals surface area (Å²) >= 11 is 0. The monoisotopic (exact) mass is 266 g/mol. The van der Waals surface area contributed by atoms with E-state index in [2.05, 4.69) is 24.8 Å². The van der Waals surface area contributed by atoms with Crippen LogP contribution >= 0.6 is 0 Å². The number of ether oxygens (including phenoxy) is 1. The van der Waals surface area contributed by atoms with Gasteiger partial charge in [-0.3, -0.25) is 0 Å². The molecule has 0 aliphatic carbocycles. The van der Waals surface area contributed by atoms with Crippen LogP contribution in [-0.2, 0) is 0 Å². The summed E-state index contributed by atoms with van der Waals surface area (Å²) in [5.41, 5.74) is 8.22. The third kappa shape index (κ3) is 3.85. The van der Waals surface area contributed by atoms with E-state index in [0.29, 0.717) is 6.04 Å². The van der Waals surface area contributed by atoms with Gasteiger partial charge in [0.25, 0.3) is 0 Å². The molecule has 0 saturated carbocycles. The Bertz CT molecular complexity index is 392. The van der Waals surface area contributed by atoms with Gasteiger partial charge in [0.2, 0.25) is 0 Å². The fourth-order valence-corrected chi connectivity index (χ4v) is 2.32. The molecule has 0 saturated heterocycles. The maximum atomic E-state index is 9.05. The first kappa shape index (κ1) is 15.8. The summed E-state index contributed by atoms with van der Waals surface area (Å²) in [5.74, 6) is 0.821. The van der Waals surface area contributed by atoms with Crippen LogP contribution in [0.4, 0.5) is 5.69 Å². The van der Waals surface area contributed by atoms with E-state index in [0.717, 1.165) is 30.0 Å². The third-order valence-corrected chi connectivity index (χ3v) is 3.21. The largest absolute Gasteiger partial charge is 0.496 e. The van der Waals surface area contributed by atoms with Crippen molar-refractivity contribution >= 4 is 5.69 Å². The van der Waals surface area contributed by atoms with Crippen molar-refractivity contribution in [1.82, 2.24) is 0 Å². The summed E-state index contributed by atoms with van der Waals surface area (Å²) in [6.07, 6.45) is 0.744. The Labute approximate surface area is 116 Å². The number of benzene rings is 1. The average Bonchev–Trinajstić information content (AvgIpc) is 2.38. The van der Waals surface area contributed by atoms with E-state index < -0.39 is 0 Å². The molecule has 0 heterocycles. The van der Waals surface area contributed by atoms with Crippen LogP contribution < -0.4 is 15.4 Å². The number of methoxy groups -OCH3 is 1. The molecule has 0 amide bonds. The molecule has 1 aromatic carbocycles. The fourth-order valence-electron chi connectivity index (χ4n) is 2.32. The second kappa shape index (κ2) is 7.36. The highest BCUT2D eigenvalue weighted by Gasteiger charge is 2.19. The quantitative estimate of drug-likeness (QED) is 0.795. The van der Waals surface area contributed by atoms with Crippen molar-refractivity contribution in [2.75, 3.05) is 25.2 Å². The number of nitrogens with zero attached hydrogens (tertiary/aromatic N) is 1. The molecule has 4 heteroatoms. The van der Waals surface area contributed by atoms with E-state index in [1.54, 1.807) is 7.11 Å². The summed E-state index contributed by atoms with van der Waals surface area (Å²) in [4.78, 5) is 2.26. The standard InChI is InChI=1S/C15H26N2O2/c1-11(2)17(9-6-10-18)13-7-5-8-14(19-4)15(13)12(3)16/h5,7-8,11-12,18H,6,9-10,16H2,1-4H3/t12-/m0/s1. The summed E-state index contributed by atoms with van der Waals surface area (Å²) < 4.78 is 5.43. The van der Waals surface area contributed by atoms with Crippen molar-refractivity contribution in [2.45, 2.75) is 39.3 Å². The first-order valence-electron chi connectivity index (χ1n) is 6.82. The van der Waals surface area contributed by atoms with Crippen LogP contribution in [0.1, 0.15) is 38.8 Å². The molecule has 0 bridgehead atoms. The smallest absolute Gasteiger partial charge is 0.125 e. The lowest BCUT2D eigenvalue weighted by molar-refractivity contribution is 0.288. The lowest BCUT2D eigenvalue weighted by Gasteiger charge is -2.32. The molecule has 19 heavy (non-hydrogen) atoms. The van der Waals surface area contributed by atoms with Crippen LogP contribution in [0, 0.1) is 0 Å². The van der Waals surface area contributed by atoms with Crippen LogP contribution in [0.15, 0.2) is 18.2 Å². The molecule has 1 atom stereocenters. The van der Waals surface area contributed by atoms with Crippen molar-refractivity contribution < 1.29 is 9.84 Å². The zero-order valence-electron chi connectivity index (χ0n) is 12.4. The van der Waals surface area contributed by atoms with Crippen molar-refractivity contribution in [3.8, 4) is 5.75 Å². The van der Waals surface area contributed by atoms with Gasteiger partial charge in [-0.25, -0.2) is 0 Å². The number of anilines is 1. The lowest BCUT2D eigenvalue weighted by atomic mass is 10.0. The van der Waals surface area contributed by atoms with Crippen molar-refractivity contribution in [1.29, 1.82) is 0 Å². The van der Waals surface area contributed by atoms with Crippen molar-refractivity contribution in [3.63, 3.8) is 0 Å². The van der Waals surface area contributed by atoms with Gasteiger partial charge >= 0.3 is 0 Å². The van der Waals surface area contributed by atoms with Gasteiger partial charge in [0.15, 0.2) is 0 Å². The second-order valence-electron chi connectivity index (χ2n) is 5.05. The van der Waals surface area contributed by atoms with E-state index in [4.69, 9.17) is 15.6 Å². The number of hydrogen-bond donors (Lipinski definition) is 2. The molecular weight excluding hydrogens is 240 g/mol. The molecule has 0 aliphatic heterocycles. The maximum absolute atomic E-state index is 9.05. The molecule has 0 aromatic heterocycles. The number of aliphatic hydroxyl groups excluding tert-OH is 1. The van der Waals surface area contributed by atoms with Gasteiger partial charge in [0.1, 0.15) is 5.75 Å². The van der Waals surface area contributed by atoms with Gasteiger partial charge in [-0.2, -0.15) is 0 Å². The first-order valence-corrected chi connectivity index (χ1v) is 6.82. The Balaban J connectivity index is 3.21. The van der Waals surface area contributed by atoms with Gasteiger partial charge in [-0.1, -0.05) is 6.07 Å². The van der Waals surface area contributed by atoms with Crippen LogP contribution in [0.2, 0.25) is 0 Å². The lowest BCUT2D eigenvalue weighted by Crippen LogP contribution is -2.33. The minimum atomic E-state index is -0.0958. The molecule has 0 aliphatic rings. The average molecular weight is 266 g/mol. The van der Waals surface area contributed by atoms with Gasteiger partial charge < -0.3 is 20.5 Å². The molecule has 108 valence electrons. The molecule has 1 rings (SSSR count). The molecule has 3 N–H and O–H groups in total. The van der Waals surface area contributed by atoms with Gasteiger partial charge in [-0.15, -0.1) is 0 Å². The fraction of sp³-hybridized carbons (Fsp3) is 0.600. The Morgan fingerprint density at radius 2 is 2.00 bits per heavy atom. The SMILES string of the molecule is COc1cccc(N(CCCO)C(C)C)c1[C@H](C)N. The van der Waals surface area contributed by atoms with Crippen molar-refractivity contribution in [3.05, 3.63) is 23.8 Å². The minimum absolute atomic E-state index is 0.0958. The molecule has 0 fully saturated rings. The first-order chi connectivity index (χ1) is 9.02.